The van der Waals surface area contributed by atoms with Gasteiger partial charge in [-0.1, -0.05) is 19.1 Å². The molecule has 1 unspecified atom stereocenters. The topological polar surface area (TPSA) is 53.1 Å². The minimum absolute atomic E-state index is 0.125. The second kappa shape index (κ2) is 9.15. The summed E-state index contributed by atoms with van der Waals surface area (Å²) in [4.78, 5) is 11.3. The van der Waals surface area contributed by atoms with Crippen LogP contribution in [0.1, 0.15) is 39.0 Å². The van der Waals surface area contributed by atoms with Gasteiger partial charge in [0.15, 0.2) is 0 Å². The molecular weight excluding hydrogens is 379 g/mol. The monoisotopic (exact) mass is 409 g/mol. The lowest BCUT2D eigenvalue weighted by Crippen LogP contribution is -2.38. The lowest BCUT2D eigenvalue weighted by molar-refractivity contribution is -0.170. The molecule has 1 aromatic carbocycles. The van der Waals surface area contributed by atoms with Crippen LogP contribution >= 0.6 is 0 Å². The number of alkyl halides is 3. The average molecular weight is 410 g/mol. The van der Waals surface area contributed by atoms with E-state index in [0.717, 1.165) is 42.4 Å². The fourth-order valence-corrected chi connectivity index (χ4v) is 3.76. The van der Waals surface area contributed by atoms with Crippen molar-refractivity contribution in [1.82, 2.24) is 15.3 Å². The predicted molar refractivity (Wildman–Crippen MR) is 111 cm³/mol. The maximum atomic E-state index is 12.6. The van der Waals surface area contributed by atoms with Crippen LogP contribution < -0.4 is 15.5 Å². The normalized spacial score (nSPS) is 21.2. The molecule has 1 fully saturated rings. The van der Waals surface area contributed by atoms with Crippen LogP contribution in [0.2, 0.25) is 0 Å². The molecule has 5 nitrogen and oxygen atoms in total. The summed E-state index contributed by atoms with van der Waals surface area (Å²) in [5, 5.41) is 7.77. The third-order valence-corrected chi connectivity index (χ3v) is 5.64. The Kier molecular flexibility index (Phi) is 6.82. The van der Waals surface area contributed by atoms with Crippen molar-refractivity contribution in [2.24, 2.45) is 5.92 Å². The number of hydrogen-bond acceptors (Lipinski definition) is 5. The molecule has 3 rings (SSSR count). The highest BCUT2D eigenvalue weighted by molar-refractivity contribution is 5.90. The van der Waals surface area contributed by atoms with Crippen LogP contribution in [0.3, 0.4) is 0 Å². The molecule has 8 heteroatoms. The first kappa shape index (κ1) is 21.6. The number of benzene rings is 1. The van der Waals surface area contributed by atoms with Crippen molar-refractivity contribution in [1.29, 1.82) is 0 Å². The molecule has 1 saturated carbocycles. The fourth-order valence-electron chi connectivity index (χ4n) is 3.76. The molecule has 160 valence electrons. The number of hydrogen-bond donors (Lipinski definition) is 2. The lowest BCUT2D eigenvalue weighted by Gasteiger charge is -2.30. The molecule has 1 aliphatic rings. The Bertz CT molecular complexity index is 800. The van der Waals surface area contributed by atoms with Crippen LogP contribution in [0.5, 0.6) is 0 Å². The van der Waals surface area contributed by atoms with Crippen molar-refractivity contribution in [2.45, 2.75) is 57.3 Å². The third kappa shape index (κ3) is 5.72. The van der Waals surface area contributed by atoms with Gasteiger partial charge >= 0.3 is 6.18 Å². The van der Waals surface area contributed by atoms with Gasteiger partial charge in [-0.25, -0.2) is 4.98 Å². The molecule has 29 heavy (non-hydrogen) atoms. The smallest absolute Gasteiger partial charge is 0.362 e. The highest BCUT2D eigenvalue weighted by Crippen LogP contribution is 2.29. The molecule has 2 aromatic rings. The van der Waals surface area contributed by atoms with Crippen molar-refractivity contribution >= 4 is 22.7 Å². The van der Waals surface area contributed by atoms with E-state index in [4.69, 9.17) is 0 Å². The molecule has 0 saturated heterocycles. The summed E-state index contributed by atoms with van der Waals surface area (Å²) in [5.74, 6) is 0.249. The van der Waals surface area contributed by atoms with E-state index in [0.29, 0.717) is 12.5 Å². The van der Waals surface area contributed by atoms with Crippen molar-refractivity contribution in [3.05, 3.63) is 24.3 Å². The van der Waals surface area contributed by atoms with Crippen molar-refractivity contribution in [3.63, 3.8) is 0 Å². The van der Waals surface area contributed by atoms with Gasteiger partial charge < -0.3 is 15.5 Å². The Morgan fingerprint density at radius 2 is 1.72 bits per heavy atom. The number of anilines is 2. The van der Waals surface area contributed by atoms with Crippen LogP contribution in [0.4, 0.5) is 24.9 Å². The summed E-state index contributed by atoms with van der Waals surface area (Å²) in [6, 6.07) is 8.51. The first-order chi connectivity index (χ1) is 13.7. The van der Waals surface area contributed by atoms with Crippen LogP contribution in [0.25, 0.3) is 10.9 Å². The van der Waals surface area contributed by atoms with E-state index < -0.39 is 12.1 Å². The number of halogens is 3. The Balaban J connectivity index is 1.52. The zero-order valence-electron chi connectivity index (χ0n) is 17.3. The molecule has 0 radical (unpaired) electrons. The van der Waals surface area contributed by atoms with Crippen LogP contribution in [-0.4, -0.2) is 48.9 Å². The molecule has 2 N–H and O–H groups in total. The Morgan fingerprint density at radius 1 is 1.07 bits per heavy atom. The van der Waals surface area contributed by atoms with Crippen molar-refractivity contribution in [2.75, 3.05) is 30.9 Å². The molecule has 0 bridgehead atoms. The van der Waals surface area contributed by atoms with E-state index in [-0.39, 0.29) is 18.5 Å². The zero-order valence-corrected chi connectivity index (χ0v) is 17.3. The fraction of sp³-hybridized carbons (Fsp3) is 0.619. The van der Waals surface area contributed by atoms with E-state index in [1.807, 2.05) is 43.3 Å². The largest absolute Gasteiger partial charge is 0.391 e. The summed E-state index contributed by atoms with van der Waals surface area (Å²) in [6.07, 6.45) is -0.216. The number of nitrogens with one attached hydrogen (secondary N) is 2. The average Bonchev–Trinajstić information content (AvgIpc) is 2.67. The highest BCUT2D eigenvalue weighted by atomic mass is 19.4. The van der Waals surface area contributed by atoms with E-state index in [1.54, 1.807) is 0 Å². The van der Waals surface area contributed by atoms with Gasteiger partial charge in [0.25, 0.3) is 0 Å². The molecule has 1 heterocycles. The van der Waals surface area contributed by atoms with Crippen LogP contribution in [0, 0.1) is 5.92 Å². The maximum Gasteiger partial charge on any atom is 0.391 e. The number of rotatable bonds is 7. The van der Waals surface area contributed by atoms with Gasteiger partial charge in [0.05, 0.1) is 11.4 Å². The second-order valence-electron chi connectivity index (χ2n) is 8.16. The number of aromatic nitrogens is 2. The van der Waals surface area contributed by atoms with E-state index in [1.165, 1.54) is 6.92 Å². The molecule has 0 spiro atoms. The van der Waals surface area contributed by atoms with Gasteiger partial charge in [0.2, 0.25) is 5.95 Å². The van der Waals surface area contributed by atoms with Gasteiger partial charge in [-0.3, -0.25) is 0 Å². The summed E-state index contributed by atoms with van der Waals surface area (Å²) in [7, 11) is 3.93. The minimum atomic E-state index is -4.10. The molecular formula is C21H30F3N5. The standard InChI is InChI=1S/C21H30F3N5/c1-14(21(22,23)24)12-13-25-15-8-10-16(11-9-15)26-20-27-18-7-5-4-6-17(18)19(28-20)29(2)3/h4-7,14-16,25H,8-13H2,1-3H3,(H,26,27,28). The summed E-state index contributed by atoms with van der Waals surface area (Å²) in [5.41, 5.74) is 0.905. The van der Waals surface area contributed by atoms with E-state index >= 15 is 0 Å². The maximum absolute atomic E-state index is 12.6. The van der Waals surface area contributed by atoms with Crippen molar-refractivity contribution in [3.8, 4) is 0 Å². The first-order valence-electron chi connectivity index (χ1n) is 10.2. The van der Waals surface area contributed by atoms with Gasteiger partial charge in [0.1, 0.15) is 5.82 Å². The molecule has 0 aliphatic heterocycles. The quantitative estimate of drug-likeness (QED) is 0.700. The lowest BCUT2D eigenvalue weighted by atomic mass is 9.91. The highest BCUT2D eigenvalue weighted by Gasteiger charge is 2.35. The van der Waals surface area contributed by atoms with Crippen molar-refractivity contribution < 1.29 is 13.2 Å². The van der Waals surface area contributed by atoms with E-state index in [2.05, 4.69) is 20.6 Å². The second-order valence-corrected chi connectivity index (χ2v) is 8.16. The van der Waals surface area contributed by atoms with Gasteiger partial charge in [0, 0.05) is 31.6 Å². The Morgan fingerprint density at radius 3 is 2.38 bits per heavy atom. The predicted octanol–water partition coefficient (Wildman–Crippen LogP) is 4.60. The van der Waals surface area contributed by atoms with Gasteiger partial charge in [-0.2, -0.15) is 18.2 Å². The molecule has 1 aromatic heterocycles. The molecule has 1 aliphatic carbocycles. The van der Waals surface area contributed by atoms with E-state index in [9.17, 15) is 13.2 Å². The Hall–Kier alpha value is -2.09. The molecule has 1 atom stereocenters. The third-order valence-electron chi connectivity index (χ3n) is 5.64. The summed E-state index contributed by atoms with van der Waals surface area (Å²) >= 11 is 0. The zero-order chi connectivity index (χ0) is 21.0. The Labute approximate surface area is 170 Å². The first-order valence-corrected chi connectivity index (χ1v) is 10.2. The van der Waals surface area contributed by atoms with Gasteiger partial charge in [-0.05, 0) is 50.8 Å². The molecule has 0 amide bonds. The number of nitrogens with zero attached hydrogens (tertiary/aromatic N) is 3. The SMILES string of the molecule is CC(CCNC1CCC(Nc2nc(N(C)C)c3ccccc3n2)CC1)C(F)(F)F. The van der Waals surface area contributed by atoms with Crippen LogP contribution in [-0.2, 0) is 0 Å². The minimum Gasteiger partial charge on any atom is -0.362 e. The summed E-state index contributed by atoms with van der Waals surface area (Å²) in [6.45, 7) is 1.65. The number of fused-ring (bicyclic) bond motifs is 1. The van der Waals surface area contributed by atoms with Crippen LogP contribution in [0.15, 0.2) is 24.3 Å². The number of para-hydroxylation sites is 1. The summed E-state index contributed by atoms with van der Waals surface area (Å²) < 4.78 is 37.8. The van der Waals surface area contributed by atoms with Gasteiger partial charge in [-0.15, -0.1) is 0 Å².